The minimum atomic E-state index is -2.21. The van der Waals surface area contributed by atoms with Gasteiger partial charge in [0.1, 0.15) is 0 Å². The van der Waals surface area contributed by atoms with Crippen molar-refractivity contribution in [2.75, 3.05) is 0 Å². The van der Waals surface area contributed by atoms with Crippen LogP contribution in [0.3, 0.4) is 0 Å². The van der Waals surface area contributed by atoms with Gasteiger partial charge in [-0.05, 0) is 67.4 Å². The van der Waals surface area contributed by atoms with Crippen LogP contribution >= 0.6 is 0 Å². The second-order valence-corrected chi connectivity index (χ2v) is 21.5. The van der Waals surface area contributed by atoms with Crippen molar-refractivity contribution in [1.82, 2.24) is 4.98 Å². The quantitative estimate of drug-likeness (QED) is 0.273. The lowest BCUT2D eigenvalue weighted by Crippen LogP contribution is -2.57. The SMILES string of the molecule is C[Si]1(C)O[Si](C)(C)c2cc3nc4ccccc4c(-c4ccccc4)c3cc2[Si](C)(C)O1. The molecule has 0 saturated heterocycles. The van der Waals surface area contributed by atoms with Gasteiger partial charge in [0.2, 0.25) is 16.6 Å². The molecule has 0 unspecified atom stereocenters. The Balaban J connectivity index is 1.93. The summed E-state index contributed by atoms with van der Waals surface area (Å²) in [6.45, 7) is 13.7. The Labute approximate surface area is 187 Å². The van der Waals surface area contributed by atoms with Crippen LogP contribution in [0, 0.1) is 0 Å². The average molecular weight is 460 g/mol. The van der Waals surface area contributed by atoms with Gasteiger partial charge in [-0.25, -0.2) is 4.98 Å². The Kier molecular flexibility index (Phi) is 4.66. The monoisotopic (exact) mass is 459 g/mol. The lowest BCUT2D eigenvalue weighted by Gasteiger charge is -2.33. The maximum Gasteiger partial charge on any atom is 0.311 e. The van der Waals surface area contributed by atoms with E-state index in [2.05, 4.69) is 106 Å². The third-order valence-corrected chi connectivity index (χ3v) is 17.9. The smallest absolute Gasteiger partial charge is 0.311 e. The van der Waals surface area contributed by atoms with E-state index in [1.54, 1.807) is 0 Å². The van der Waals surface area contributed by atoms with Gasteiger partial charge in [-0.2, -0.15) is 0 Å². The number of fused-ring (bicyclic) bond motifs is 3. The normalized spacial score (nSPS) is 19.2. The molecule has 0 saturated carbocycles. The number of rotatable bonds is 1. The lowest BCUT2D eigenvalue weighted by atomic mass is 9.96. The molecule has 4 aromatic rings. The van der Waals surface area contributed by atoms with Crippen molar-refractivity contribution in [3.05, 3.63) is 66.7 Å². The third-order valence-electron chi connectivity index (χ3n) is 6.18. The highest BCUT2D eigenvalue weighted by Crippen LogP contribution is 2.35. The van der Waals surface area contributed by atoms with E-state index < -0.39 is 25.2 Å². The van der Waals surface area contributed by atoms with E-state index in [0.717, 1.165) is 11.0 Å². The number of nitrogens with zero attached hydrogens (tertiary/aromatic N) is 1. The second-order valence-electron chi connectivity index (χ2n) is 9.91. The first-order chi connectivity index (χ1) is 14.6. The maximum atomic E-state index is 6.80. The summed E-state index contributed by atoms with van der Waals surface area (Å²) in [5, 5.41) is 5.14. The molecule has 0 N–H and O–H groups in total. The fourth-order valence-corrected chi connectivity index (χ4v) is 20.7. The Morgan fingerprint density at radius 2 is 1.19 bits per heavy atom. The van der Waals surface area contributed by atoms with Crippen LogP contribution in [-0.4, -0.2) is 30.2 Å². The average Bonchev–Trinajstić information content (AvgIpc) is 2.74. The second kappa shape index (κ2) is 6.95. The molecule has 0 radical (unpaired) electrons. The van der Waals surface area contributed by atoms with Crippen LogP contribution in [0.4, 0.5) is 0 Å². The molecule has 0 spiro atoms. The highest BCUT2D eigenvalue weighted by atomic mass is 28.5. The molecule has 1 aliphatic rings. The fraction of sp³-hybridized carbons (Fsp3) is 0.240. The van der Waals surface area contributed by atoms with Gasteiger partial charge in [-0.3, -0.25) is 0 Å². The van der Waals surface area contributed by atoms with Crippen molar-refractivity contribution in [3.63, 3.8) is 0 Å². The van der Waals surface area contributed by atoms with Crippen LogP contribution < -0.4 is 10.4 Å². The fourth-order valence-electron chi connectivity index (χ4n) is 5.21. The summed E-state index contributed by atoms with van der Waals surface area (Å²) in [6.07, 6.45) is 0. The van der Waals surface area contributed by atoms with E-state index >= 15 is 0 Å². The molecule has 158 valence electrons. The van der Waals surface area contributed by atoms with Gasteiger partial charge >= 0.3 is 8.56 Å². The van der Waals surface area contributed by atoms with Crippen LogP contribution in [0.5, 0.6) is 0 Å². The van der Waals surface area contributed by atoms with Gasteiger partial charge in [-0.15, -0.1) is 0 Å². The first kappa shape index (κ1) is 20.8. The highest BCUT2D eigenvalue weighted by molar-refractivity contribution is 7.03. The van der Waals surface area contributed by atoms with Gasteiger partial charge in [-0.1, -0.05) is 54.6 Å². The Morgan fingerprint density at radius 3 is 1.87 bits per heavy atom. The summed E-state index contributed by atoms with van der Waals surface area (Å²) in [7, 11) is -6.49. The van der Waals surface area contributed by atoms with E-state index in [0.29, 0.717) is 0 Å². The van der Waals surface area contributed by atoms with Crippen molar-refractivity contribution < 1.29 is 8.23 Å². The molecule has 6 heteroatoms. The lowest BCUT2D eigenvalue weighted by molar-refractivity contribution is 0.405. The number of para-hydroxylation sites is 1. The zero-order chi connectivity index (χ0) is 22.0. The van der Waals surface area contributed by atoms with E-state index in [9.17, 15) is 0 Å². The predicted octanol–water partition coefficient (Wildman–Crippen LogP) is 5.63. The van der Waals surface area contributed by atoms with Crippen LogP contribution in [-0.2, 0) is 8.23 Å². The largest absolute Gasteiger partial charge is 0.433 e. The van der Waals surface area contributed by atoms with Gasteiger partial charge in [0.05, 0.1) is 11.0 Å². The van der Waals surface area contributed by atoms with Crippen molar-refractivity contribution >= 4 is 57.4 Å². The van der Waals surface area contributed by atoms with Gasteiger partial charge in [0, 0.05) is 16.3 Å². The molecule has 0 aliphatic carbocycles. The molecule has 31 heavy (non-hydrogen) atoms. The van der Waals surface area contributed by atoms with Crippen molar-refractivity contribution in [1.29, 1.82) is 0 Å². The van der Waals surface area contributed by atoms with Crippen LogP contribution in [0.25, 0.3) is 32.9 Å². The summed E-state index contributed by atoms with van der Waals surface area (Å²) in [5.41, 5.74) is 4.56. The highest BCUT2D eigenvalue weighted by Gasteiger charge is 2.47. The topological polar surface area (TPSA) is 31.4 Å². The van der Waals surface area contributed by atoms with E-state index in [-0.39, 0.29) is 0 Å². The summed E-state index contributed by atoms with van der Waals surface area (Å²) in [5.74, 6) is 0. The third kappa shape index (κ3) is 3.52. The predicted molar refractivity (Wildman–Crippen MR) is 139 cm³/mol. The number of benzene rings is 3. The number of aromatic nitrogens is 1. The van der Waals surface area contributed by atoms with Crippen molar-refractivity contribution in [3.8, 4) is 11.1 Å². The first-order valence-electron chi connectivity index (χ1n) is 10.9. The Bertz CT molecular complexity index is 1320. The first-order valence-corrected chi connectivity index (χ1v) is 19.5. The van der Waals surface area contributed by atoms with Gasteiger partial charge < -0.3 is 8.23 Å². The van der Waals surface area contributed by atoms with E-state index in [4.69, 9.17) is 13.2 Å². The van der Waals surface area contributed by atoms with E-state index in [1.165, 1.54) is 32.3 Å². The molecule has 0 fully saturated rings. The summed E-state index contributed by atoms with van der Waals surface area (Å²) in [4.78, 5) is 5.10. The summed E-state index contributed by atoms with van der Waals surface area (Å²) < 4.78 is 13.6. The van der Waals surface area contributed by atoms with Crippen LogP contribution in [0.2, 0.25) is 39.3 Å². The van der Waals surface area contributed by atoms with Crippen LogP contribution in [0.1, 0.15) is 0 Å². The van der Waals surface area contributed by atoms with Crippen molar-refractivity contribution in [2.45, 2.75) is 39.3 Å². The van der Waals surface area contributed by atoms with Gasteiger partial charge in [0.15, 0.2) is 0 Å². The molecule has 5 rings (SSSR count). The van der Waals surface area contributed by atoms with E-state index in [1.807, 2.05) is 0 Å². The molecular formula is C25H29NO2Si3. The summed E-state index contributed by atoms with van der Waals surface area (Å²) in [6, 6.07) is 23.9. The Hall–Kier alpha value is -2.10. The van der Waals surface area contributed by atoms with Crippen LogP contribution in [0.15, 0.2) is 66.7 Å². The molecule has 0 atom stereocenters. The number of pyridine rings is 1. The molecule has 0 amide bonds. The van der Waals surface area contributed by atoms with Gasteiger partial charge in [0.25, 0.3) is 0 Å². The molecule has 0 bridgehead atoms. The standard InChI is InChI=1S/C25H29NO2Si3/c1-29(2)23-16-20-22(17-24(23)30(3,4)28-31(5,6)27-29)26-21-15-11-10-14-19(21)25(20)18-12-8-7-9-13-18/h7-17H,1-6H3. The number of hydrogen-bond donors (Lipinski definition) is 0. The minimum Gasteiger partial charge on any atom is -0.433 e. The zero-order valence-corrected chi connectivity index (χ0v) is 22.1. The zero-order valence-electron chi connectivity index (χ0n) is 19.1. The summed E-state index contributed by atoms with van der Waals surface area (Å²) >= 11 is 0. The molecular weight excluding hydrogens is 431 g/mol. The maximum absolute atomic E-state index is 6.80. The number of hydrogen-bond acceptors (Lipinski definition) is 3. The molecule has 2 heterocycles. The van der Waals surface area contributed by atoms with Crippen molar-refractivity contribution in [2.24, 2.45) is 0 Å². The molecule has 1 aliphatic heterocycles. The Morgan fingerprint density at radius 1 is 0.613 bits per heavy atom. The molecule has 1 aromatic heterocycles. The minimum absolute atomic E-state index is 1.03. The molecule has 3 aromatic carbocycles. The molecule has 3 nitrogen and oxygen atoms in total.